The zero-order valence-corrected chi connectivity index (χ0v) is 21.0. The highest BCUT2D eigenvalue weighted by molar-refractivity contribution is 14.0. The molecule has 1 heterocycles. The fraction of sp³-hybridized carbons (Fsp3) is 0.600. The van der Waals surface area contributed by atoms with Crippen molar-refractivity contribution in [2.75, 3.05) is 38.8 Å². The van der Waals surface area contributed by atoms with Crippen molar-refractivity contribution in [1.82, 2.24) is 16.0 Å². The molecule has 0 saturated carbocycles. The Labute approximate surface area is 196 Å². The number of ether oxygens (including phenoxy) is 1. The number of aliphatic imine (C=N–C) groups is 1. The Morgan fingerprint density at radius 1 is 1.23 bits per heavy atom. The number of carbonyl (C=O) groups is 1. The van der Waals surface area contributed by atoms with Crippen LogP contribution in [0.4, 0.5) is 0 Å². The van der Waals surface area contributed by atoms with Gasteiger partial charge in [-0.2, -0.15) is 0 Å². The summed E-state index contributed by atoms with van der Waals surface area (Å²) in [5, 5.41) is 9.15. The number of benzene rings is 1. The molecule has 0 bridgehead atoms. The molecule has 1 aliphatic rings. The SMILES string of the molecule is CN=C(NCCC(=O)NC1CCS(=O)(=O)C1)NCCC(C)c1ccc(OC)cc1.I. The van der Waals surface area contributed by atoms with Crippen LogP contribution in [0.2, 0.25) is 0 Å². The van der Waals surface area contributed by atoms with Crippen LogP contribution in [0.3, 0.4) is 0 Å². The predicted octanol–water partition coefficient (Wildman–Crippen LogP) is 1.67. The number of hydrogen-bond acceptors (Lipinski definition) is 5. The minimum atomic E-state index is -2.99. The van der Waals surface area contributed by atoms with Crippen LogP contribution < -0.4 is 20.7 Å². The number of rotatable bonds is 9. The molecule has 0 aliphatic carbocycles. The van der Waals surface area contributed by atoms with Gasteiger partial charge >= 0.3 is 0 Å². The molecule has 0 radical (unpaired) electrons. The standard InChI is InChI=1S/C20H32N4O4S.HI/c1-15(16-4-6-18(28-3)7-5-16)8-11-22-20(21-2)23-12-9-19(25)24-17-10-13-29(26,27)14-17;/h4-7,15,17H,8-14H2,1-3H3,(H,24,25)(H2,21,22,23);1H. The number of nitrogens with zero attached hydrogens (tertiary/aromatic N) is 1. The maximum Gasteiger partial charge on any atom is 0.222 e. The maximum atomic E-state index is 12.0. The van der Waals surface area contributed by atoms with E-state index in [0.717, 1.165) is 18.7 Å². The monoisotopic (exact) mass is 552 g/mol. The fourth-order valence-corrected chi connectivity index (χ4v) is 4.90. The lowest BCUT2D eigenvalue weighted by atomic mass is 9.98. The Bertz CT molecular complexity index is 800. The zero-order chi connectivity index (χ0) is 21.3. The summed E-state index contributed by atoms with van der Waals surface area (Å²) in [6.07, 6.45) is 1.69. The molecule has 10 heteroatoms. The molecule has 30 heavy (non-hydrogen) atoms. The lowest BCUT2D eigenvalue weighted by molar-refractivity contribution is -0.121. The summed E-state index contributed by atoms with van der Waals surface area (Å²) in [6.45, 7) is 3.35. The van der Waals surface area contributed by atoms with Gasteiger partial charge in [0.15, 0.2) is 15.8 Å². The first-order valence-electron chi connectivity index (χ1n) is 9.91. The number of carbonyl (C=O) groups excluding carboxylic acids is 1. The molecule has 170 valence electrons. The van der Waals surface area contributed by atoms with E-state index in [0.29, 0.717) is 24.8 Å². The molecule has 1 fully saturated rings. The summed E-state index contributed by atoms with van der Waals surface area (Å²) in [6, 6.07) is 7.82. The molecule has 1 saturated heterocycles. The smallest absolute Gasteiger partial charge is 0.222 e. The van der Waals surface area contributed by atoms with Gasteiger partial charge in [-0.1, -0.05) is 19.1 Å². The van der Waals surface area contributed by atoms with Crippen LogP contribution >= 0.6 is 24.0 Å². The van der Waals surface area contributed by atoms with Crippen molar-refractivity contribution in [3.63, 3.8) is 0 Å². The number of nitrogens with one attached hydrogen (secondary N) is 3. The van der Waals surface area contributed by atoms with Crippen molar-refractivity contribution in [1.29, 1.82) is 0 Å². The van der Waals surface area contributed by atoms with E-state index in [-0.39, 0.29) is 53.9 Å². The summed E-state index contributed by atoms with van der Waals surface area (Å²) in [5.41, 5.74) is 1.25. The largest absolute Gasteiger partial charge is 0.497 e. The molecule has 3 N–H and O–H groups in total. The van der Waals surface area contributed by atoms with Crippen LogP contribution in [-0.4, -0.2) is 65.1 Å². The van der Waals surface area contributed by atoms with Crippen LogP contribution in [0, 0.1) is 0 Å². The quantitative estimate of drug-likeness (QED) is 0.245. The highest BCUT2D eigenvalue weighted by Crippen LogP contribution is 2.21. The Morgan fingerprint density at radius 2 is 1.90 bits per heavy atom. The predicted molar refractivity (Wildman–Crippen MR) is 131 cm³/mol. The molecule has 2 atom stereocenters. The Morgan fingerprint density at radius 3 is 2.47 bits per heavy atom. The van der Waals surface area contributed by atoms with Gasteiger partial charge in [-0.3, -0.25) is 9.79 Å². The third-order valence-corrected chi connectivity index (χ3v) is 6.79. The Kier molecular flexibility index (Phi) is 11.5. The van der Waals surface area contributed by atoms with Crippen molar-refractivity contribution >= 4 is 45.7 Å². The number of hydrogen-bond donors (Lipinski definition) is 3. The van der Waals surface area contributed by atoms with Gasteiger partial charge in [-0.05, 0) is 36.5 Å². The molecule has 1 aromatic carbocycles. The van der Waals surface area contributed by atoms with Crippen molar-refractivity contribution in [3.05, 3.63) is 29.8 Å². The molecule has 0 spiro atoms. The maximum absolute atomic E-state index is 12.0. The van der Waals surface area contributed by atoms with E-state index in [1.54, 1.807) is 14.2 Å². The highest BCUT2D eigenvalue weighted by Gasteiger charge is 2.28. The minimum absolute atomic E-state index is 0. The number of sulfone groups is 1. The summed E-state index contributed by atoms with van der Waals surface area (Å²) in [4.78, 5) is 16.1. The van der Waals surface area contributed by atoms with Crippen molar-refractivity contribution in [2.24, 2.45) is 4.99 Å². The molecule has 1 aliphatic heterocycles. The van der Waals surface area contributed by atoms with Crippen LogP contribution in [0.15, 0.2) is 29.3 Å². The van der Waals surface area contributed by atoms with Gasteiger partial charge in [0, 0.05) is 32.6 Å². The van der Waals surface area contributed by atoms with E-state index in [1.165, 1.54) is 5.56 Å². The van der Waals surface area contributed by atoms with E-state index < -0.39 is 9.84 Å². The van der Waals surface area contributed by atoms with E-state index in [4.69, 9.17) is 4.74 Å². The molecule has 2 rings (SSSR count). The van der Waals surface area contributed by atoms with Crippen LogP contribution in [0.5, 0.6) is 5.75 Å². The van der Waals surface area contributed by atoms with Gasteiger partial charge in [0.05, 0.1) is 18.6 Å². The van der Waals surface area contributed by atoms with Gasteiger partial charge in [-0.25, -0.2) is 8.42 Å². The molecule has 2 unspecified atom stereocenters. The first-order valence-corrected chi connectivity index (χ1v) is 11.7. The molecule has 8 nitrogen and oxygen atoms in total. The van der Waals surface area contributed by atoms with Gasteiger partial charge in [-0.15, -0.1) is 24.0 Å². The molecule has 1 amide bonds. The summed E-state index contributed by atoms with van der Waals surface area (Å²) < 4.78 is 28.1. The fourth-order valence-electron chi connectivity index (χ4n) is 3.23. The third kappa shape index (κ3) is 9.07. The average Bonchev–Trinajstić information content (AvgIpc) is 3.04. The van der Waals surface area contributed by atoms with Crippen LogP contribution in [0.25, 0.3) is 0 Å². The minimum Gasteiger partial charge on any atom is -0.497 e. The van der Waals surface area contributed by atoms with Gasteiger partial charge in [0.25, 0.3) is 0 Å². The number of guanidine groups is 1. The van der Waals surface area contributed by atoms with Gasteiger partial charge in [0.1, 0.15) is 5.75 Å². The number of amides is 1. The van der Waals surface area contributed by atoms with E-state index in [1.807, 2.05) is 12.1 Å². The summed E-state index contributed by atoms with van der Waals surface area (Å²) in [7, 11) is 0.357. The van der Waals surface area contributed by atoms with E-state index in [9.17, 15) is 13.2 Å². The van der Waals surface area contributed by atoms with Crippen LogP contribution in [-0.2, 0) is 14.6 Å². The van der Waals surface area contributed by atoms with Gasteiger partial charge < -0.3 is 20.7 Å². The number of methoxy groups -OCH3 is 1. The zero-order valence-electron chi connectivity index (χ0n) is 17.8. The topological polar surface area (TPSA) is 109 Å². The van der Waals surface area contributed by atoms with E-state index in [2.05, 4.69) is 40.0 Å². The van der Waals surface area contributed by atoms with E-state index >= 15 is 0 Å². The molecule has 0 aromatic heterocycles. The Hall–Kier alpha value is -1.56. The first-order chi connectivity index (χ1) is 13.8. The second-order valence-corrected chi connectivity index (χ2v) is 9.53. The normalized spacial score (nSPS) is 18.8. The average molecular weight is 552 g/mol. The highest BCUT2D eigenvalue weighted by atomic mass is 127. The second kappa shape index (κ2) is 13.0. The van der Waals surface area contributed by atoms with Crippen molar-refractivity contribution in [3.8, 4) is 5.75 Å². The lowest BCUT2D eigenvalue weighted by Gasteiger charge is -2.16. The number of halogens is 1. The summed E-state index contributed by atoms with van der Waals surface area (Å²) >= 11 is 0. The Balaban J connectivity index is 0.00000450. The lowest BCUT2D eigenvalue weighted by Crippen LogP contribution is -2.41. The molecular formula is C20H33IN4O4S. The summed E-state index contributed by atoms with van der Waals surface area (Å²) in [5.74, 6) is 1.93. The first kappa shape index (κ1) is 26.5. The third-order valence-electron chi connectivity index (χ3n) is 5.02. The van der Waals surface area contributed by atoms with Crippen LogP contribution in [0.1, 0.15) is 37.7 Å². The van der Waals surface area contributed by atoms with Gasteiger partial charge in [0.2, 0.25) is 5.91 Å². The molecule has 1 aromatic rings. The van der Waals surface area contributed by atoms with Crippen molar-refractivity contribution < 1.29 is 17.9 Å². The molecular weight excluding hydrogens is 519 g/mol. The van der Waals surface area contributed by atoms with Crippen molar-refractivity contribution in [2.45, 2.75) is 38.1 Å². The second-order valence-electron chi connectivity index (χ2n) is 7.31.